The lowest BCUT2D eigenvalue weighted by molar-refractivity contribution is 0.411. The predicted octanol–water partition coefficient (Wildman–Crippen LogP) is 2.25. The molecule has 0 radical (unpaired) electrons. The summed E-state index contributed by atoms with van der Waals surface area (Å²) in [4.78, 5) is 0. The normalized spacial score (nSPS) is 20.8. The lowest BCUT2D eigenvalue weighted by atomic mass is 10.0. The van der Waals surface area contributed by atoms with Gasteiger partial charge in [0.15, 0.2) is 0 Å². The van der Waals surface area contributed by atoms with Gasteiger partial charge in [-0.2, -0.15) is 11.8 Å². The van der Waals surface area contributed by atoms with Gasteiger partial charge in [0.05, 0.1) is 7.11 Å². The van der Waals surface area contributed by atoms with Gasteiger partial charge in [-0.3, -0.25) is 0 Å². The molecule has 1 unspecified atom stereocenters. The lowest BCUT2D eigenvalue weighted by Crippen LogP contribution is -2.38. The van der Waals surface area contributed by atoms with Crippen molar-refractivity contribution in [2.24, 2.45) is 0 Å². The number of hydrogen-bond acceptors (Lipinski definition) is 3. The van der Waals surface area contributed by atoms with Crippen LogP contribution in [0.1, 0.15) is 11.1 Å². The third kappa shape index (κ3) is 2.92. The summed E-state index contributed by atoms with van der Waals surface area (Å²) in [5.74, 6) is 3.46. The maximum Gasteiger partial charge on any atom is 0.121 e. The minimum atomic E-state index is 0.631. The summed E-state index contributed by atoms with van der Waals surface area (Å²) in [5.41, 5.74) is 2.63. The third-order valence-corrected chi connectivity index (χ3v) is 4.07. The van der Waals surface area contributed by atoms with Gasteiger partial charge in [0.25, 0.3) is 0 Å². The highest BCUT2D eigenvalue weighted by molar-refractivity contribution is 7.99. The number of aryl methyl sites for hydroxylation is 1. The Labute approximate surface area is 102 Å². The van der Waals surface area contributed by atoms with Crippen molar-refractivity contribution in [3.05, 3.63) is 29.3 Å². The molecule has 1 atom stereocenters. The highest BCUT2D eigenvalue weighted by Gasteiger charge is 2.13. The first-order valence-corrected chi connectivity index (χ1v) is 6.89. The van der Waals surface area contributed by atoms with E-state index in [9.17, 15) is 0 Å². The second kappa shape index (κ2) is 5.60. The number of rotatable bonds is 3. The fraction of sp³-hybridized carbons (Fsp3) is 0.538. The molecule has 1 aromatic rings. The summed E-state index contributed by atoms with van der Waals surface area (Å²) in [7, 11) is 1.72. The SMILES string of the molecule is COc1ccc(CC2CSCCN2)cc1C. The molecule has 1 saturated heterocycles. The van der Waals surface area contributed by atoms with Crippen molar-refractivity contribution >= 4 is 11.8 Å². The summed E-state index contributed by atoms with van der Waals surface area (Å²) in [6, 6.07) is 7.11. The Bertz CT molecular complexity index is 348. The number of methoxy groups -OCH3 is 1. The van der Waals surface area contributed by atoms with Crippen molar-refractivity contribution in [3.8, 4) is 5.75 Å². The first-order chi connectivity index (χ1) is 7.79. The molecule has 2 rings (SSSR count). The Kier molecular flexibility index (Phi) is 4.13. The average molecular weight is 237 g/mol. The lowest BCUT2D eigenvalue weighted by Gasteiger charge is -2.23. The van der Waals surface area contributed by atoms with E-state index in [2.05, 4.69) is 30.4 Å². The van der Waals surface area contributed by atoms with E-state index >= 15 is 0 Å². The molecule has 0 amide bonds. The van der Waals surface area contributed by atoms with Crippen LogP contribution in [0.25, 0.3) is 0 Å². The van der Waals surface area contributed by atoms with Crippen molar-refractivity contribution in [1.82, 2.24) is 5.32 Å². The monoisotopic (exact) mass is 237 g/mol. The van der Waals surface area contributed by atoms with Gasteiger partial charge in [-0.1, -0.05) is 12.1 Å². The zero-order valence-corrected chi connectivity index (χ0v) is 10.8. The van der Waals surface area contributed by atoms with E-state index in [0.717, 1.165) is 18.7 Å². The second-order valence-electron chi connectivity index (χ2n) is 4.23. The van der Waals surface area contributed by atoms with E-state index in [1.165, 1.54) is 22.6 Å². The van der Waals surface area contributed by atoms with Crippen molar-refractivity contribution in [2.45, 2.75) is 19.4 Å². The van der Waals surface area contributed by atoms with Gasteiger partial charge in [0, 0.05) is 24.1 Å². The number of ether oxygens (including phenoxy) is 1. The second-order valence-corrected chi connectivity index (χ2v) is 5.38. The molecular weight excluding hydrogens is 218 g/mol. The van der Waals surface area contributed by atoms with Gasteiger partial charge in [0.2, 0.25) is 0 Å². The maximum absolute atomic E-state index is 5.27. The number of thioether (sulfide) groups is 1. The third-order valence-electron chi connectivity index (χ3n) is 2.94. The molecule has 3 heteroatoms. The summed E-state index contributed by atoms with van der Waals surface area (Å²) >= 11 is 2.05. The van der Waals surface area contributed by atoms with Gasteiger partial charge in [0.1, 0.15) is 5.75 Å². The van der Waals surface area contributed by atoms with Crippen molar-refractivity contribution in [2.75, 3.05) is 25.2 Å². The summed E-state index contributed by atoms with van der Waals surface area (Å²) in [5, 5.41) is 3.56. The zero-order chi connectivity index (χ0) is 11.4. The van der Waals surface area contributed by atoms with E-state index in [4.69, 9.17) is 4.74 Å². The van der Waals surface area contributed by atoms with Crippen LogP contribution >= 0.6 is 11.8 Å². The predicted molar refractivity (Wildman–Crippen MR) is 70.6 cm³/mol. The number of hydrogen-bond donors (Lipinski definition) is 1. The molecular formula is C13H19NOS. The zero-order valence-electron chi connectivity index (χ0n) is 9.95. The summed E-state index contributed by atoms with van der Waals surface area (Å²) in [6.45, 7) is 3.25. The van der Waals surface area contributed by atoms with E-state index < -0.39 is 0 Å². The largest absolute Gasteiger partial charge is 0.496 e. The van der Waals surface area contributed by atoms with Gasteiger partial charge in [-0.15, -0.1) is 0 Å². The number of benzene rings is 1. The smallest absolute Gasteiger partial charge is 0.121 e. The molecule has 2 nitrogen and oxygen atoms in total. The van der Waals surface area contributed by atoms with Gasteiger partial charge in [-0.25, -0.2) is 0 Å². The van der Waals surface area contributed by atoms with E-state index in [1.54, 1.807) is 7.11 Å². The van der Waals surface area contributed by atoms with Crippen LogP contribution in [0.3, 0.4) is 0 Å². The van der Waals surface area contributed by atoms with Crippen LogP contribution in [-0.2, 0) is 6.42 Å². The standard InChI is InChI=1S/C13H19NOS/c1-10-7-11(3-4-13(10)15-2)8-12-9-16-6-5-14-12/h3-4,7,12,14H,5-6,8-9H2,1-2H3. The van der Waals surface area contributed by atoms with Gasteiger partial charge >= 0.3 is 0 Å². The molecule has 16 heavy (non-hydrogen) atoms. The highest BCUT2D eigenvalue weighted by atomic mass is 32.2. The van der Waals surface area contributed by atoms with Crippen LogP contribution in [0.5, 0.6) is 5.75 Å². The molecule has 88 valence electrons. The molecule has 1 aliphatic heterocycles. The van der Waals surface area contributed by atoms with Crippen LogP contribution in [0.2, 0.25) is 0 Å². The molecule has 0 aromatic heterocycles. The molecule has 1 fully saturated rings. The van der Waals surface area contributed by atoms with E-state index in [0.29, 0.717) is 6.04 Å². The van der Waals surface area contributed by atoms with Crippen LogP contribution in [0.15, 0.2) is 18.2 Å². The van der Waals surface area contributed by atoms with Crippen molar-refractivity contribution < 1.29 is 4.74 Å². The Morgan fingerprint density at radius 3 is 3.00 bits per heavy atom. The minimum absolute atomic E-state index is 0.631. The molecule has 1 aliphatic rings. The maximum atomic E-state index is 5.27. The molecule has 0 spiro atoms. The molecule has 0 aliphatic carbocycles. The summed E-state index contributed by atoms with van der Waals surface area (Å²) < 4.78 is 5.27. The molecule has 0 saturated carbocycles. The molecule has 1 heterocycles. The molecule has 1 aromatic carbocycles. The quantitative estimate of drug-likeness (QED) is 0.871. The van der Waals surface area contributed by atoms with Crippen LogP contribution in [-0.4, -0.2) is 31.2 Å². The van der Waals surface area contributed by atoms with Crippen LogP contribution in [0, 0.1) is 6.92 Å². The van der Waals surface area contributed by atoms with Crippen molar-refractivity contribution in [3.63, 3.8) is 0 Å². The molecule has 1 N–H and O–H groups in total. The van der Waals surface area contributed by atoms with Crippen LogP contribution < -0.4 is 10.1 Å². The van der Waals surface area contributed by atoms with E-state index in [1.807, 2.05) is 11.8 Å². The number of nitrogens with one attached hydrogen (secondary N) is 1. The minimum Gasteiger partial charge on any atom is -0.496 e. The van der Waals surface area contributed by atoms with Crippen LogP contribution in [0.4, 0.5) is 0 Å². The first-order valence-electron chi connectivity index (χ1n) is 5.74. The topological polar surface area (TPSA) is 21.3 Å². The van der Waals surface area contributed by atoms with Gasteiger partial charge < -0.3 is 10.1 Å². The Morgan fingerprint density at radius 1 is 1.50 bits per heavy atom. The Morgan fingerprint density at radius 2 is 2.38 bits per heavy atom. The van der Waals surface area contributed by atoms with Gasteiger partial charge in [-0.05, 0) is 30.5 Å². The highest BCUT2D eigenvalue weighted by Crippen LogP contribution is 2.20. The average Bonchev–Trinajstić information content (AvgIpc) is 2.31. The fourth-order valence-electron chi connectivity index (χ4n) is 2.10. The molecule has 0 bridgehead atoms. The summed E-state index contributed by atoms with van der Waals surface area (Å²) in [6.07, 6.45) is 1.12. The Hall–Kier alpha value is -0.670. The van der Waals surface area contributed by atoms with E-state index in [-0.39, 0.29) is 0 Å². The fourth-order valence-corrected chi connectivity index (χ4v) is 3.05. The van der Waals surface area contributed by atoms with Crippen molar-refractivity contribution in [1.29, 1.82) is 0 Å². The first kappa shape index (κ1) is 11.8. The Balaban J connectivity index is 2.01.